The molecule has 39 heavy (non-hydrogen) atoms. The van der Waals surface area contributed by atoms with Crippen LogP contribution < -0.4 is 40.0 Å². The molecule has 200 valence electrons. The maximum absolute atomic E-state index is 13.0. The number of carboxylic acid groups (broad SMARTS) is 1. The zero-order valence-corrected chi connectivity index (χ0v) is 22.9. The molecule has 1 unspecified atom stereocenters. The van der Waals surface area contributed by atoms with Gasteiger partial charge >= 0.3 is 41.6 Å². The standard InChI is InChI=1S/C21H18F3N7O6S.Na/c22-21(23,24)19(37)29-6-5-11-12(15(18(35)36)31-14(11)16(29)17(31)34)8-38-20-26-27-28-30(20)7-13(33)25-9-1-3-10(32)4-2-9;/h1-4,11,14,16,32H,5-8H2,(H,25,33)(H,35,36);/q;+1/p-1/t11?,14-,16+;/m1./s1. The minimum Gasteiger partial charge on any atom is -0.543 e. The largest absolute Gasteiger partial charge is 1.00 e. The van der Waals surface area contributed by atoms with E-state index in [0.717, 1.165) is 16.7 Å². The van der Waals surface area contributed by atoms with Crippen LogP contribution in [-0.2, 0) is 25.7 Å². The Morgan fingerprint density at radius 3 is 2.54 bits per heavy atom. The number of thioether (sulfide) groups is 1. The van der Waals surface area contributed by atoms with Gasteiger partial charge in [-0.15, -0.1) is 5.10 Å². The molecule has 0 saturated carbocycles. The SMILES string of the molecule is O=C(Cn1nnnc1SCC1=C(C(=O)[O-])N2C(=O)[C@@H]3[C@H]2C1CCN3C(=O)C(F)(F)F)Nc1ccc(O)cc1.[Na+]. The fraction of sp³-hybridized carbons (Fsp3) is 0.381. The normalized spacial score (nSPS) is 21.7. The predicted octanol–water partition coefficient (Wildman–Crippen LogP) is -3.88. The van der Waals surface area contributed by atoms with Crippen molar-refractivity contribution in [1.29, 1.82) is 0 Å². The number of benzene rings is 1. The number of alkyl halides is 3. The average molecular weight is 575 g/mol. The first-order valence-electron chi connectivity index (χ1n) is 11.1. The van der Waals surface area contributed by atoms with Crippen LogP contribution in [0.25, 0.3) is 0 Å². The van der Waals surface area contributed by atoms with E-state index in [9.17, 15) is 42.6 Å². The van der Waals surface area contributed by atoms with Crippen LogP contribution in [0.5, 0.6) is 5.75 Å². The van der Waals surface area contributed by atoms with Crippen molar-refractivity contribution < 1.29 is 72.1 Å². The van der Waals surface area contributed by atoms with E-state index < -0.39 is 53.6 Å². The Morgan fingerprint density at radius 2 is 1.90 bits per heavy atom. The second kappa shape index (κ2) is 10.8. The summed E-state index contributed by atoms with van der Waals surface area (Å²) in [5.74, 6) is -5.83. The summed E-state index contributed by atoms with van der Waals surface area (Å²) in [6.07, 6.45) is -5.15. The molecular formula is C21H17F3N7NaO6S. The third-order valence-corrected chi connectivity index (χ3v) is 7.54. The minimum absolute atomic E-state index is 0. The van der Waals surface area contributed by atoms with Crippen LogP contribution in [0.1, 0.15) is 6.42 Å². The van der Waals surface area contributed by atoms with Crippen LogP contribution in [0.4, 0.5) is 18.9 Å². The summed E-state index contributed by atoms with van der Waals surface area (Å²) in [5.41, 5.74) is 0.251. The van der Waals surface area contributed by atoms with Crippen molar-refractivity contribution in [3.63, 3.8) is 0 Å². The number of likely N-dealkylation sites (tertiary alicyclic amines) is 1. The number of hydrogen-bond donors (Lipinski definition) is 2. The van der Waals surface area contributed by atoms with Gasteiger partial charge in [-0.2, -0.15) is 13.2 Å². The number of aromatic nitrogens is 4. The van der Waals surface area contributed by atoms with Gasteiger partial charge in [-0.1, -0.05) is 11.8 Å². The number of phenolic OH excluding ortho intramolecular Hbond substituents is 1. The van der Waals surface area contributed by atoms with E-state index >= 15 is 0 Å². The molecule has 13 nitrogen and oxygen atoms in total. The molecule has 0 spiro atoms. The third kappa shape index (κ3) is 5.22. The number of amides is 3. The van der Waals surface area contributed by atoms with Gasteiger partial charge in [0.25, 0.3) is 5.91 Å². The summed E-state index contributed by atoms with van der Waals surface area (Å²) in [4.78, 5) is 50.2. The molecule has 2 saturated heterocycles. The number of halogens is 3. The van der Waals surface area contributed by atoms with Crippen LogP contribution in [0, 0.1) is 5.92 Å². The number of β-lactam (4-membered cyclic amide) rings is 1. The topological polar surface area (TPSA) is 174 Å². The van der Waals surface area contributed by atoms with Gasteiger partial charge in [-0.05, 0) is 46.7 Å². The summed E-state index contributed by atoms with van der Waals surface area (Å²) < 4.78 is 40.3. The first-order valence-corrected chi connectivity index (χ1v) is 12.1. The number of piperidine rings is 1. The molecule has 3 atom stereocenters. The fourth-order valence-corrected chi connectivity index (χ4v) is 5.97. The Morgan fingerprint density at radius 1 is 1.21 bits per heavy atom. The number of aliphatic carboxylic acids is 1. The van der Waals surface area contributed by atoms with Crippen molar-refractivity contribution in [3.8, 4) is 5.75 Å². The van der Waals surface area contributed by atoms with Crippen LogP contribution in [-0.4, -0.2) is 89.4 Å². The Balaban J connectivity index is 0.00000353. The molecule has 3 aliphatic heterocycles. The van der Waals surface area contributed by atoms with E-state index in [2.05, 4.69) is 20.8 Å². The third-order valence-electron chi connectivity index (χ3n) is 6.53. The number of carboxylic acids is 1. The van der Waals surface area contributed by atoms with E-state index in [0.29, 0.717) is 10.6 Å². The summed E-state index contributed by atoms with van der Waals surface area (Å²) in [6, 6.07) is 3.41. The Kier molecular flexibility index (Phi) is 7.98. The van der Waals surface area contributed by atoms with Crippen molar-refractivity contribution in [2.24, 2.45) is 5.92 Å². The maximum Gasteiger partial charge on any atom is 1.00 e. The molecule has 0 bridgehead atoms. The number of hydrogen-bond acceptors (Lipinski definition) is 10. The molecule has 2 aromatic rings. The first kappa shape index (κ1) is 28.8. The van der Waals surface area contributed by atoms with E-state index in [4.69, 9.17) is 0 Å². The summed E-state index contributed by atoms with van der Waals surface area (Å²) in [6.45, 7) is -0.663. The molecule has 3 amide bonds. The van der Waals surface area contributed by atoms with Gasteiger partial charge < -0.3 is 30.1 Å². The molecule has 1 aromatic carbocycles. The number of phenols is 1. The van der Waals surface area contributed by atoms with Crippen LogP contribution in [0.15, 0.2) is 40.7 Å². The molecule has 3 aliphatic rings. The summed E-state index contributed by atoms with van der Waals surface area (Å²) in [7, 11) is 0. The van der Waals surface area contributed by atoms with Crippen molar-refractivity contribution >= 4 is 41.1 Å². The van der Waals surface area contributed by atoms with Crippen LogP contribution >= 0.6 is 11.8 Å². The summed E-state index contributed by atoms with van der Waals surface area (Å²) >= 11 is 0.978. The number of rotatable bonds is 7. The van der Waals surface area contributed by atoms with Crippen molar-refractivity contribution in [3.05, 3.63) is 35.5 Å². The smallest absolute Gasteiger partial charge is 0.543 e. The zero-order chi connectivity index (χ0) is 27.4. The Labute approximate surface area is 243 Å². The van der Waals surface area contributed by atoms with Gasteiger partial charge in [-0.25, -0.2) is 4.68 Å². The Bertz CT molecular complexity index is 1370. The van der Waals surface area contributed by atoms with Crippen molar-refractivity contribution in [2.45, 2.75) is 36.4 Å². The predicted molar refractivity (Wildman–Crippen MR) is 118 cm³/mol. The minimum atomic E-state index is -5.17. The van der Waals surface area contributed by atoms with E-state index in [1.165, 1.54) is 28.9 Å². The number of tetrazole rings is 1. The average Bonchev–Trinajstić information content (AvgIpc) is 3.42. The van der Waals surface area contributed by atoms with E-state index in [1.54, 1.807) is 0 Å². The van der Waals surface area contributed by atoms with Gasteiger partial charge in [0.05, 0.1) is 17.7 Å². The van der Waals surface area contributed by atoms with E-state index in [1.807, 2.05) is 0 Å². The number of anilines is 1. The number of aromatic hydroxyl groups is 1. The molecule has 18 heteroatoms. The quantitative estimate of drug-likeness (QED) is 0.144. The van der Waals surface area contributed by atoms with Gasteiger partial charge in [0.15, 0.2) is 0 Å². The van der Waals surface area contributed by atoms with Crippen LogP contribution in [0.2, 0.25) is 0 Å². The second-order valence-corrected chi connectivity index (χ2v) is 9.64. The van der Waals surface area contributed by atoms with Crippen LogP contribution in [0.3, 0.4) is 0 Å². The van der Waals surface area contributed by atoms with Gasteiger partial charge in [0.2, 0.25) is 11.1 Å². The van der Waals surface area contributed by atoms with Gasteiger partial charge in [0, 0.05) is 23.9 Å². The molecule has 5 rings (SSSR count). The molecule has 0 radical (unpaired) electrons. The first-order chi connectivity index (χ1) is 18.0. The van der Waals surface area contributed by atoms with Gasteiger partial charge in [-0.3, -0.25) is 14.4 Å². The maximum atomic E-state index is 13.0. The molecule has 4 heterocycles. The fourth-order valence-electron chi connectivity index (χ4n) is 4.99. The molecule has 0 aliphatic carbocycles. The molecule has 2 fully saturated rings. The monoisotopic (exact) mass is 575 g/mol. The summed E-state index contributed by atoms with van der Waals surface area (Å²) in [5, 5.41) is 35.1. The second-order valence-electron chi connectivity index (χ2n) is 8.70. The Hall–Kier alpha value is -3.15. The molecule has 2 N–H and O–H groups in total. The van der Waals surface area contributed by atoms with Crippen molar-refractivity contribution in [2.75, 3.05) is 17.6 Å². The van der Waals surface area contributed by atoms with Gasteiger partial charge in [0.1, 0.15) is 18.3 Å². The number of carbonyl (C=O) groups is 4. The number of carbonyl (C=O) groups excluding carboxylic acids is 4. The number of nitrogens with zero attached hydrogens (tertiary/aromatic N) is 6. The number of nitrogens with one attached hydrogen (secondary N) is 1. The molecular weight excluding hydrogens is 558 g/mol. The zero-order valence-electron chi connectivity index (χ0n) is 20.1. The van der Waals surface area contributed by atoms with E-state index in [-0.39, 0.29) is 71.3 Å². The van der Waals surface area contributed by atoms with Crippen molar-refractivity contribution in [1.82, 2.24) is 30.0 Å². The molecule has 1 aromatic heterocycles.